The molecule has 1 N–H and O–H groups in total. The van der Waals surface area contributed by atoms with Gasteiger partial charge in [-0.15, -0.1) is 10.2 Å². The summed E-state index contributed by atoms with van der Waals surface area (Å²) in [4.78, 5) is 12.5. The molecule has 0 bridgehead atoms. The topological polar surface area (TPSA) is 81.4 Å². The highest BCUT2D eigenvalue weighted by Crippen LogP contribution is 2.28. The van der Waals surface area contributed by atoms with Crippen LogP contribution in [0, 0.1) is 0 Å². The Morgan fingerprint density at radius 3 is 2.51 bits per heavy atom. The summed E-state index contributed by atoms with van der Waals surface area (Å²) in [6.45, 7) is 2.88. The lowest BCUT2D eigenvalue weighted by molar-refractivity contribution is -0.118. The average molecular weight is 534 g/mol. The molecule has 4 aromatic rings. The van der Waals surface area contributed by atoms with E-state index in [1.165, 1.54) is 18.2 Å². The first kappa shape index (κ1) is 26.4. The van der Waals surface area contributed by atoms with E-state index < -0.39 is 0 Å². The number of ether oxygens (including phenoxy) is 1. The van der Waals surface area contributed by atoms with Crippen LogP contribution in [0.2, 0.25) is 5.02 Å². The maximum atomic E-state index is 12.5. The van der Waals surface area contributed by atoms with Crippen LogP contribution >= 0.6 is 23.4 Å². The minimum absolute atomic E-state index is 0.127. The van der Waals surface area contributed by atoms with Gasteiger partial charge in [0.2, 0.25) is 0 Å². The summed E-state index contributed by atoms with van der Waals surface area (Å²) in [6.07, 6.45) is 4.98. The Morgan fingerprint density at radius 1 is 1.03 bits per heavy atom. The number of hydrogen-bond acceptors (Lipinski definition) is 6. The molecule has 9 heteroatoms. The molecular weight excluding hydrogens is 506 g/mol. The van der Waals surface area contributed by atoms with Crippen LogP contribution in [0.15, 0.2) is 89.1 Å². The van der Waals surface area contributed by atoms with E-state index >= 15 is 0 Å². The highest BCUT2D eigenvalue weighted by molar-refractivity contribution is 7.99. The average Bonchev–Trinajstić information content (AvgIpc) is 3.36. The van der Waals surface area contributed by atoms with Crippen molar-refractivity contribution in [3.05, 3.63) is 89.4 Å². The molecular formula is C28H28ClN5O2S. The molecule has 0 atom stereocenters. The minimum Gasteiger partial charge on any atom is -0.494 e. The van der Waals surface area contributed by atoms with E-state index in [-0.39, 0.29) is 11.7 Å². The fourth-order valence-electron chi connectivity index (χ4n) is 3.49. The zero-order valence-electron chi connectivity index (χ0n) is 20.5. The third-order valence-electron chi connectivity index (χ3n) is 5.38. The molecule has 3 aromatic carbocycles. The Hall–Kier alpha value is -3.62. The second-order valence-corrected chi connectivity index (χ2v) is 9.57. The zero-order chi connectivity index (χ0) is 25.9. The summed E-state index contributed by atoms with van der Waals surface area (Å²) >= 11 is 7.37. The van der Waals surface area contributed by atoms with Crippen molar-refractivity contribution < 1.29 is 9.53 Å². The van der Waals surface area contributed by atoms with Gasteiger partial charge in [-0.1, -0.05) is 73.5 Å². The van der Waals surface area contributed by atoms with Gasteiger partial charge < -0.3 is 4.74 Å². The third kappa shape index (κ3) is 7.68. The normalized spacial score (nSPS) is 11.1. The summed E-state index contributed by atoms with van der Waals surface area (Å²) in [5.74, 6) is 1.39. The van der Waals surface area contributed by atoms with Crippen molar-refractivity contribution in [2.75, 3.05) is 12.4 Å². The Labute approximate surface area is 225 Å². The monoisotopic (exact) mass is 533 g/mol. The van der Waals surface area contributed by atoms with E-state index in [4.69, 9.17) is 16.3 Å². The van der Waals surface area contributed by atoms with E-state index in [0.29, 0.717) is 22.6 Å². The molecule has 4 rings (SSSR count). The van der Waals surface area contributed by atoms with E-state index in [2.05, 4.69) is 27.6 Å². The van der Waals surface area contributed by atoms with E-state index in [9.17, 15) is 4.79 Å². The standard InChI is InChI=1S/C28H28ClN5O2S/c1-2-3-7-18-36-25-16-10-21(11-17-25)19-30-31-26(35)20-37-28-33-32-27(22-8-5-4-6-9-22)34(28)24-14-12-23(29)13-15-24/h4-6,8-17,19H,2-3,7,18,20H2,1H3,(H,31,35)/b30-19-. The Balaban J connectivity index is 1.36. The molecule has 0 aliphatic rings. The van der Waals surface area contributed by atoms with Crippen molar-refractivity contribution in [2.24, 2.45) is 5.10 Å². The van der Waals surface area contributed by atoms with Gasteiger partial charge in [0.15, 0.2) is 11.0 Å². The number of carbonyl (C=O) groups is 1. The summed E-state index contributed by atoms with van der Waals surface area (Å²) in [5.41, 5.74) is 5.21. The molecule has 0 aliphatic carbocycles. The van der Waals surface area contributed by atoms with E-state index in [1.54, 1.807) is 6.21 Å². The number of nitrogens with zero attached hydrogens (tertiary/aromatic N) is 4. The molecule has 0 spiro atoms. The predicted octanol–water partition coefficient (Wildman–Crippen LogP) is 6.40. The van der Waals surface area contributed by atoms with Crippen LogP contribution in [-0.2, 0) is 4.79 Å². The van der Waals surface area contributed by atoms with Gasteiger partial charge in [0, 0.05) is 16.3 Å². The predicted molar refractivity (Wildman–Crippen MR) is 150 cm³/mol. The summed E-state index contributed by atoms with van der Waals surface area (Å²) in [6, 6.07) is 24.8. The molecule has 0 aliphatic heterocycles. The molecule has 0 saturated heterocycles. The molecule has 0 radical (unpaired) electrons. The number of rotatable bonds is 12. The number of hydrogen-bond donors (Lipinski definition) is 1. The summed E-state index contributed by atoms with van der Waals surface area (Å²) < 4.78 is 7.64. The van der Waals surface area contributed by atoms with Gasteiger partial charge in [-0.25, -0.2) is 5.43 Å². The molecule has 1 aromatic heterocycles. The maximum absolute atomic E-state index is 12.5. The molecule has 0 fully saturated rings. The first-order chi connectivity index (χ1) is 18.1. The van der Waals surface area contributed by atoms with Gasteiger partial charge in [0.1, 0.15) is 5.75 Å². The molecule has 190 valence electrons. The summed E-state index contributed by atoms with van der Waals surface area (Å²) in [7, 11) is 0. The van der Waals surface area contributed by atoms with Crippen molar-refractivity contribution in [1.29, 1.82) is 0 Å². The van der Waals surface area contributed by atoms with E-state index in [1.807, 2.05) is 83.4 Å². The Kier molecular flexibility index (Phi) is 9.74. The van der Waals surface area contributed by atoms with Crippen LogP contribution in [0.5, 0.6) is 5.75 Å². The number of carbonyl (C=O) groups excluding carboxylic acids is 1. The largest absolute Gasteiger partial charge is 0.494 e. The number of benzene rings is 3. The molecule has 0 saturated carbocycles. The number of unbranched alkanes of at least 4 members (excludes halogenated alkanes) is 2. The molecule has 7 nitrogen and oxygen atoms in total. The van der Waals surface area contributed by atoms with Gasteiger partial charge in [-0.05, 0) is 60.5 Å². The Morgan fingerprint density at radius 2 is 1.78 bits per heavy atom. The van der Waals surface area contributed by atoms with Crippen molar-refractivity contribution >= 4 is 35.5 Å². The van der Waals surface area contributed by atoms with Crippen LogP contribution in [0.4, 0.5) is 0 Å². The van der Waals surface area contributed by atoms with Crippen molar-refractivity contribution in [1.82, 2.24) is 20.2 Å². The van der Waals surface area contributed by atoms with Crippen LogP contribution < -0.4 is 10.2 Å². The van der Waals surface area contributed by atoms with Gasteiger partial charge in [0.25, 0.3) is 5.91 Å². The third-order valence-corrected chi connectivity index (χ3v) is 6.56. The highest BCUT2D eigenvalue weighted by Gasteiger charge is 2.17. The lowest BCUT2D eigenvalue weighted by Gasteiger charge is -2.10. The highest BCUT2D eigenvalue weighted by atomic mass is 35.5. The Bertz CT molecular complexity index is 1310. The molecule has 1 amide bonds. The van der Waals surface area contributed by atoms with Crippen molar-refractivity contribution in [3.8, 4) is 22.8 Å². The number of hydrazone groups is 1. The summed E-state index contributed by atoms with van der Waals surface area (Å²) in [5, 5.41) is 14.0. The van der Waals surface area contributed by atoms with E-state index in [0.717, 1.165) is 35.4 Å². The fraction of sp³-hybridized carbons (Fsp3) is 0.214. The van der Waals surface area contributed by atoms with Gasteiger partial charge in [-0.2, -0.15) is 5.10 Å². The molecule has 1 heterocycles. The first-order valence-corrected chi connectivity index (χ1v) is 13.4. The quantitative estimate of drug-likeness (QED) is 0.0986. The minimum atomic E-state index is -0.246. The van der Waals surface area contributed by atoms with Gasteiger partial charge >= 0.3 is 0 Å². The number of thioether (sulfide) groups is 1. The van der Waals surface area contributed by atoms with Crippen molar-refractivity contribution in [2.45, 2.75) is 31.3 Å². The van der Waals surface area contributed by atoms with Crippen LogP contribution in [0.25, 0.3) is 17.1 Å². The lowest BCUT2D eigenvalue weighted by Crippen LogP contribution is -2.20. The lowest BCUT2D eigenvalue weighted by atomic mass is 10.2. The first-order valence-electron chi connectivity index (χ1n) is 12.1. The van der Waals surface area contributed by atoms with Gasteiger partial charge in [0.05, 0.1) is 18.6 Å². The zero-order valence-corrected chi connectivity index (χ0v) is 22.1. The number of amides is 1. The second-order valence-electron chi connectivity index (χ2n) is 8.19. The fourth-order valence-corrected chi connectivity index (χ4v) is 4.36. The smallest absolute Gasteiger partial charge is 0.250 e. The van der Waals surface area contributed by atoms with Crippen LogP contribution in [0.3, 0.4) is 0 Å². The molecule has 0 unspecified atom stereocenters. The van der Waals surface area contributed by atoms with Crippen molar-refractivity contribution in [3.63, 3.8) is 0 Å². The SMILES string of the molecule is CCCCCOc1ccc(/C=N\NC(=O)CSc2nnc(-c3ccccc3)n2-c2ccc(Cl)cc2)cc1. The second kappa shape index (κ2) is 13.6. The van der Waals surface area contributed by atoms with Crippen LogP contribution in [-0.4, -0.2) is 39.2 Å². The number of aromatic nitrogens is 3. The van der Waals surface area contributed by atoms with Crippen LogP contribution in [0.1, 0.15) is 31.7 Å². The number of halogens is 1. The number of nitrogens with one attached hydrogen (secondary N) is 1. The molecule has 37 heavy (non-hydrogen) atoms. The maximum Gasteiger partial charge on any atom is 0.250 e. The van der Waals surface area contributed by atoms with Gasteiger partial charge in [-0.3, -0.25) is 9.36 Å².